The van der Waals surface area contributed by atoms with Crippen LogP contribution in [0.4, 0.5) is 0 Å². The topological polar surface area (TPSA) is 24.9 Å². The second-order valence-electron chi connectivity index (χ2n) is 4.59. The van der Waals surface area contributed by atoms with E-state index in [0.717, 1.165) is 18.2 Å². The van der Waals surface area contributed by atoms with Gasteiger partial charge in [0.2, 0.25) is 0 Å². The monoisotopic (exact) mass is 264 g/mol. The van der Waals surface area contributed by atoms with Gasteiger partial charge >= 0.3 is 0 Å². The van der Waals surface area contributed by atoms with Crippen molar-refractivity contribution in [3.05, 3.63) is 38.5 Å². The summed E-state index contributed by atoms with van der Waals surface area (Å²) in [6, 6.07) is 4.93. The molecule has 17 heavy (non-hydrogen) atoms. The standard InChI is InChI=1S/C13H16N2S2/c1-9-8-17-12(15-9)7-14-13(10-4-5-10)11-3-2-6-16-11/h2-3,6,8,10,13-14H,4-5,7H2,1H3. The van der Waals surface area contributed by atoms with Crippen LogP contribution in [0.5, 0.6) is 0 Å². The van der Waals surface area contributed by atoms with E-state index in [2.05, 4.69) is 40.1 Å². The summed E-state index contributed by atoms with van der Waals surface area (Å²) in [6.45, 7) is 2.95. The molecule has 0 aromatic carbocycles. The Hall–Kier alpha value is -0.710. The third-order valence-electron chi connectivity index (χ3n) is 3.08. The van der Waals surface area contributed by atoms with Gasteiger partial charge in [-0.05, 0) is 37.1 Å². The molecule has 3 rings (SSSR count). The Bertz CT molecular complexity index is 471. The Balaban J connectivity index is 1.65. The lowest BCUT2D eigenvalue weighted by Gasteiger charge is -2.15. The Morgan fingerprint density at radius 3 is 2.94 bits per heavy atom. The van der Waals surface area contributed by atoms with Crippen LogP contribution in [-0.2, 0) is 6.54 Å². The van der Waals surface area contributed by atoms with E-state index in [4.69, 9.17) is 0 Å². The molecule has 0 saturated heterocycles. The molecule has 1 atom stereocenters. The molecule has 2 aromatic rings. The molecule has 1 aliphatic rings. The average molecular weight is 264 g/mol. The first-order valence-corrected chi connectivity index (χ1v) is 7.76. The lowest BCUT2D eigenvalue weighted by atomic mass is 10.1. The maximum Gasteiger partial charge on any atom is 0.107 e. The van der Waals surface area contributed by atoms with Crippen molar-refractivity contribution in [2.45, 2.75) is 32.4 Å². The van der Waals surface area contributed by atoms with Crippen molar-refractivity contribution in [3.8, 4) is 0 Å². The molecule has 0 amide bonds. The maximum atomic E-state index is 4.50. The molecule has 1 fully saturated rings. The van der Waals surface area contributed by atoms with Gasteiger partial charge in [-0.1, -0.05) is 6.07 Å². The smallest absolute Gasteiger partial charge is 0.107 e. The minimum atomic E-state index is 0.541. The summed E-state index contributed by atoms with van der Waals surface area (Å²) in [7, 11) is 0. The van der Waals surface area contributed by atoms with E-state index in [1.807, 2.05) is 11.3 Å². The van der Waals surface area contributed by atoms with E-state index in [1.165, 1.54) is 22.7 Å². The summed E-state index contributed by atoms with van der Waals surface area (Å²) in [5.41, 5.74) is 1.13. The molecule has 90 valence electrons. The molecule has 2 aromatic heterocycles. The van der Waals surface area contributed by atoms with E-state index in [1.54, 1.807) is 11.3 Å². The number of hydrogen-bond acceptors (Lipinski definition) is 4. The molecule has 4 heteroatoms. The quantitative estimate of drug-likeness (QED) is 0.889. The van der Waals surface area contributed by atoms with Crippen molar-refractivity contribution < 1.29 is 0 Å². The first-order valence-electron chi connectivity index (χ1n) is 6.01. The van der Waals surface area contributed by atoms with Gasteiger partial charge < -0.3 is 5.32 Å². The van der Waals surface area contributed by atoms with E-state index >= 15 is 0 Å². The molecule has 0 radical (unpaired) electrons. The average Bonchev–Trinajstić information content (AvgIpc) is 2.85. The summed E-state index contributed by atoms with van der Waals surface area (Å²) >= 11 is 3.61. The third kappa shape index (κ3) is 2.76. The summed E-state index contributed by atoms with van der Waals surface area (Å²) in [6.07, 6.45) is 2.74. The van der Waals surface area contributed by atoms with E-state index in [-0.39, 0.29) is 0 Å². The molecule has 1 unspecified atom stereocenters. The van der Waals surface area contributed by atoms with Crippen LogP contribution in [-0.4, -0.2) is 4.98 Å². The van der Waals surface area contributed by atoms with Gasteiger partial charge in [0.15, 0.2) is 0 Å². The molecule has 1 aliphatic carbocycles. The minimum Gasteiger partial charge on any atom is -0.303 e. The first kappa shape index (κ1) is 11.4. The number of aromatic nitrogens is 1. The number of nitrogens with one attached hydrogen (secondary N) is 1. The van der Waals surface area contributed by atoms with E-state index in [9.17, 15) is 0 Å². The van der Waals surface area contributed by atoms with Gasteiger partial charge in [-0.2, -0.15) is 0 Å². The van der Waals surface area contributed by atoms with Crippen LogP contribution in [0.2, 0.25) is 0 Å². The number of hydrogen-bond donors (Lipinski definition) is 1. The van der Waals surface area contributed by atoms with Crippen LogP contribution in [0, 0.1) is 12.8 Å². The predicted octanol–water partition coefficient (Wildman–Crippen LogP) is 3.75. The normalized spacial score (nSPS) is 17.2. The lowest BCUT2D eigenvalue weighted by Crippen LogP contribution is -2.21. The zero-order valence-electron chi connectivity index (χ0n) is 9.85. The highest BCUT2D eigenvalue weighted by atomic mass is 32.1. The van der Waals surface area contributed by atoms with Gasteiger partial charge in [0.05, 0.1) is 0 Å². The highest BCUT2D eigenvalue weighted by molar-refractivity contribution is 7.10. The van der Waals surface area contributed by atoms with Crippen molar-refractivity contribution >= 4 is 22.7 Å². The van der Waals surface area contributed by atoms with Gasteiger partial charge in [0.1, 0.15) is 5.01 Å². The molecule has 1 N–H and O–H groups in total. The SMILES string of the molecule is Cc1csc(CNC(c2cccs2)C2CC2)n1. The fourth-order valence-electron chi connectivity index (χ4n) is 2.08. The highest BCUT2D eigenvalue weighted by Crippen LogP contribution is 2.42. The van der Waals surface area contributed by atoms with Gasteiger partial charge in [-0.25, -0.2) is 4.98 Å². The Kier molecular flexibility index (Phi) is 3.27. The second-order valence-corrected chi connectivity index (χ2v) is 6.52. The maximum absolute atomic E-state index is 4.50. The van der Waals surface area contributed by atoms with Crippen LogP contribution in [0.25, 0.3) is 0 Å². The van der Waals surface area contributed by atoms with Crippen molar-refractivity contribution in [1.82, 2.24) is 10.3 Å². The van der Waals surface area contributed by atoms with Gasteiger partial charge in [0, 0.05) is 28.5 Å². The Morgan fingerprint density at radius 1 is 1.47 bits per heavy atom. The molecular weight excluding hydrogens is 248 g/mol. The van der Waals surface area contributed by atoms with Crippen LogP contribution in [0.15, 0.2) is 22.9 Å². The van der Waals surface area contributed by atoms with Crippen molar-refractivity contribution in [2.75, 3.05) is 0 Å². The zero-order valence-corrected chi connectivity index (χ0v) is 11.5. The largest absolute Gasteiger partial charge is 0.303 e. The number of aryl methyl sites for hydroxylation is 1. The number of thiophene rings is 1. The lowest BCUT2D eigenvalue weighted by molar-refractivity contribution is 0.486. The van der Waals surface area contributed by atoms with Gasteiger partial charge in [0.25, 0.3) is 0 Å². The molecule has 0 aliphatic heterocycles. The van der Waals surface area contributed by atoms with Gasteiger partial charge in [-0.15, -0.1) is 22.7 Å². The Labute approximate surface area is 110 Å². The highest BCUT2D eigenvalue weighted by Gasteiger charge is 2.32. The third-order valence-corrected chi connectivity index (χ3v) is 5.00. The zero-order chi connectivity index (χ0) is 11.7. The molecule has 0 bridgehead atoms. The molecular formula is C13H16N2S2. The van der Waals surface area contributed by atoms with E-state index in [0.29, 0.717) is 6.04 Å². The first-order chi connectivity index (χ1) is 8.33. The van der Waals surface area contributed by atoms with Crippen LogP contribution in [0.3, 0.4) is 0 Å². The second kappa shape index (κ2) is 4.88. The number of thiazole rings is 1. The summed E-state index contributed by atoms with van der Waals surface area (Å²) < 4.78 is 0. The molecule has 2 nitrogen and oxygen atoms in total. The molecule has 1 saturated carbocycles. The van der Waals surface area contributed by atoms with Crippen LogP contribution in [0.1, 0.15) is 34.5 Å². The van der Waals surface area contributed by atoms with Crippen molar-refractivity contribution in [1.29, 1.82) is 0 Å². The summed E-state index contributed by atoms with van der Waals surface area (Å²) in [4.78, 5) is 5.98. The van der Waals surface area contributed by atoms with Crippen molar-refractivity contribution in [2.24, 2.45) is 5.92 Å². The summed E-state index contributed by atoms with van der Waals surface area (Å²) in [5, 5.41) is 9.16. The van der Waals surface area contributed by atoms with Gasteiger partial charge in [-0.3, -0.25) is 0 Å². The number of rotatable bonds is 5. The fourth-order valence-corrected chi connectivity index (χ4v) is 3.69. The summed E-state index contributed by atoms with van der Waals surface area (Å²) in [5.74, 6) is 0.842. The molecule has 2 heterocycles. The van der Waals surface area contributed by atoms with Crippen LogP contribution < -0.4 is 5.32 Å². The molecule has 0 spiro atoms. The van der Waals surface area contributed by atoms with Crippen LogP contribution >= 0.6 is 22.7 Å². The van der Waals surface area contributed by atoms with Crippen molar-refractivity contribution in [3.63, 3.8) is 0 Å². The minimum absolute atomic E-state index is 0.541. The fraction of sp³-hybridized carbons (Fsp3) is 0.462. The van der Waals surface area contributed by atoms with E-state index < -0.39 is 0 Å². The number of nitrogens with zero attached hydrogens (tertiary/aromatic N) is 1. The predicted molar refractivity (Wildman–Crippen MR) is 73.5 cm³/mol. The Morgan fingerprint density at radius 2 is 2.35 bits per heavy atom.